The van der Waals surface area contributed by atoms with Crippen LogP contribution in [0.2, 0.25) is 0 Å². The van der Waals surface area contributed by atoms with Gasteiger partial charge in [-0.25, -0.2) is 9.37 Å². The molecule has 1 aromatic heterocycles. The standard InChI is InChI=1S/C23H26FN5O2/c1-13(22(30)29-19-8-7-18-16(19)6-9-21(25)28-18)27-23(31)20-12-14(10-11-26-20)15-4-2-3-5-17(15)24/h2-6,9,12-13,19-20,26H,7-8,10-11H2,1H3,(H2,25,28)(H,27,31)(H,29,30)/t13?,19-,20-/m1/s1. The number of benzene rings is 1. The van der Waals surface area contributed by atoms with E-state index in [1.807, 2.05) is 6.07 Å². The molecule has 0 spiro atoms. The van der Waals surface area contributed by atoms with Crippen LogP contribution in [-0.2, 0) is 16.0 Å². The fourth-order valence-corrected chi connectivity index (χ4v) is 4.12. The fourth-order valence-electron chi connectivity index (χ4n) is 4.12. The maximum Gasteiger partial charge on any atom is 0.242 e. The molecule has 2 aliphatic rings. The van der Waals surface area contributed by atoms with Crippen LogP contribution in [0.1, 0.15) is 42.6 Å². The molecular weight excluding hydrogens is 397 g/mol. The van der Waals surface area contributed by atoms with E-state index in [-0.39, 0.29) is 23.7 Å². The minimum Gasteiger partial charge on any atom is -0.384 e. The van der Waals surface area contributed by atoms with Gasteiger partial charge in [-0.1, -0.05) is 30.3 Å². The predicted octanol–water partition coefficient (Wildman–Crippen LogP) is 1.86. The van der Waals surface area contributed by atoms with Crippen LogP contribution in [0.25, 0.3) is 5.57 Å². The third kappa shape index (κ3) is 4.59. The number of nitrogens with one attached hydrogen (secondary N) is 3. The Hall–Kier alpha value is -3.26. The van der Waals surface area contributed by atoms with Crippen molar-refractivity contribution in [1.82, 2.24) is 20.9 Å². The molecule has 0 fully saturated rings. The molecule has 4 rings (SSSR count). The summed E-state index contributed by atoms with van der Waals surface area (Å²) in [6, 6.07) is 8.65. The van der Waals surface area contributed by atoms with Crippen molar-refractivity contribution in [3.05, 3.63) is 65.1 Å². The van der Waals surface area contributed by atoms with E-state index in [0.717, 1.165) is 29.7 Å². The zero-order valence-electron chi connectivity index (χ0n) is 17.3. The molecule has 2 heterocycles. The van der Waals surface area contributed by atoms with Crippen molar-refractivity contribution in [3.63, 3.8) is 0 Å². The molecule has 2 aromatic rings. The number of amides is 2. The van der Waals surface area contributed by atoms with Crippen LogP contribution in [0, 0.1) is 5.82 Å². The van der Waals surface area contributed by atoms with E-state index in [0.29, 0.717) is 24.3 Å². The van der Waals surface area contributed by atoms with Crippen LogP contribution in [0.4, 0.5) is 10.2 Å². The van der Waals surface area contributed by atoms with Crippen LogP contribution in [-0.4, -0.2) is 35.4 Å². The SMILES string of the molecule is CC(NC(=O)[C@H]1C=C(c2ccccc2F)CCN1)C(=O)N[C@@H]1CCc2nc(N)ccc21. The van der Waals surface area contributed by atoms with Gasteiger partial charge in [-0.3, -0.25) is 9.59 Å². The Bertz CT molecular complexity index is 1040. The number of carbonyl (C=O) groups excluding carboxylic acids is 2. The van der Waals surface area contributed by atoms with Crippen molar-refractivity contribution in [2.75, 3.05) is 12.3 Å². The van der Waals surface area contributed by atoms with Gasteiger partial charge in [0.15, 0.2) is 0 Å². The van der Waals surface area contributed by atoms with Crippen LogP contribution in [0.5, 0.6) is 0 Å². The maximum atomic E-state index is 14.1. The summed E-state index contributed by atoms with van der Waals surface area (Å²) in [6.07, 6.45) is 3.85. The van der Waals surface area contributed by atoms with E-state index in [1.165, 1.54) is 6.07 Å². The monoisotopic (exact) mass is 423 g/mol. The number of nitrogens with zero attached hydrogens (tertiary/aromatic N) is 1. The number of anilines is 1. The third-order valence-electron chi connectivity index (χ3n) is 5.77. The number of nitrogen functional groups attached to an aromatic ring is 1. The zero-order valence-corrected chi connectivity index (χ0v) is 17.3. The number of aromatic nitrogens is 1. The highest BCUT2D eigenvalue weighted by Gasteiger charge is 2.29. The van der Waals surface area contributed by atoms with E-state index in [4.69, 9.17) is 5.73 Å². The van der Waals surface area contributed by atoms with E-state index in [9.17, 15) is 14.0 Å². The third-order valence-corrected chi connectivity index (χ3v) is 5.77. The lowest BCUT2D eigenvalue weighted by Gasteiger charge is -2.25. The lowest BCUT2D eigenvalue weighted by atomic mass is 9.96. The van der Waals surface area contributed by atoms with Gasteiger partial charge in [0.25, 0.3) is 0 Å². The van der Waals surface area contributed by atoms with Gasteiger partial charge in [0, 0.05) is 17.8 Å². The molecule has 1 aliphatic carbocycles. The first-order chi connectivity index (χ1) is 14.9. The number of fused-ring (bicyclic) bond motifs is 1. The quantitative estimate of drug-likeness (QED) is 0.587. The van der Waals surface area contributed by atoms with Gasteiger partial charge >= 0.3 is 0 Å². The van der Waals surface area contributed by atoms with Crippen molar-refractivity contribution in [1.29, 1.82) is 0 Å². The Labute approximate surface area is 180 Å². The molecule has 2 amide bonds. The summed E-state index contributed by atoms with van der Waals surface area (Å²) in [5, 5.41) is 8.85. The molecule has 1 aromatic carbocycles. The number of carbonyl (C=O) groups is 2. The van der Waals surface area contributed by atoms with Crippen LogP contribution in [0.3, 0.4) is 0 Å². The summed E-state index contributed by atoms with van der Waals surface area (Å²) in [5.41, 5.74) is 8.88. The first kappa shape index (κ1) is 21.0. The summed E-state index contributed by atoms with van der Waals surface area (Å²) in [7, 11) is 0. The first-order valence-electron chi connectivity index (χ1n) is 10.5. The molecule has 1 unspecified atom stereocenters. The minimum atomic E-state index is -0.715. The summed E-state index contributed by atoms with van der Waals surface area (Å²) in [5.74, 6) is -0.431. The normalized spacial score (nSPS) is 21.0. The molecule has 0 saturated carbocycles. The Morgan fingerprint density at radius 1 is 1.23 bits per heavy atom. The second kappa shape index (κ2) is 8.85. The average molecular weight is 423 g/mol. The van der Waals surface area contributed by atoms with Crippen molar-refractivity contribution in [3.8, 4) is 0 Å². The Morgan fingerprint density at radius 3 is 2.84 bits per heavy atom. The lowest BCUT2D eigenvalue weighted by molar-refractivity contribution is -0.129. The number of aryl methyl sites for hydroxylation is 1. The second-order valence-corrected chi connectivity index (χ2v) is 7.96. The van der Waals surface area contributed by atoms with Gasteiger partial charge < -0.3 is 21.7 Å². The first-order valence-corrected chi connectivity index (χ1v) is 10.5. The molecule has 31 heavy (non-hydrogen) atoms. The van der Waals surface area contributed by atoms with Gasteiger partial charge in [-0.2, -0.15) is 0 Å². The van der Waals surface area contributed by atoms with E-state index < -0.39 is 12.1 Å². The number of hydrogen-bond acceptors (Lipinski definition) is 5. The van der Waals surface area contributed by atoms with E-state index >= 15 is 0 Å². The van der Waals surface area contributed by atoms with Crippen molar-refractivity contribution in [2.45, 2.75) is 44.3 Å². The molecule has 8 heteroatoms. The van der Waals surface area contributed by atoms with E-state index in [2.05, 4.69) is 20.9 Å². The molecule has 7 nitrogen and oxygen atoms in total. The predicted molar refractivity (Wildman–Crippen MR) is 116 cm³/mol. The second-order valence-electron chi connectivity index (χ2n) is 7.96. The van der Waals surface area contributed by atoms with Crippen LogP contribution < -0.4 is 21.7 Å². The zero-order chi connectivity index (χ0) is 22.0. The summed E-state index contributed by atoms with van der Waals surface area (Å²) in [6.45, 7) is 2.20. The van der Waals surface area contributed by atoms with Gasteiger partial charge in [0.05, 0.1) is 6.04 Å². The number of pyridine rings is 1. The minimum absolute atomic E-state index is 0.143. The summed E-state index contributed by atoms with van der Waals surface area (Å²) >= 11 is 0. The van der Waals surface area contributed by atoms with Crippen molar-refractivity contribution >= 4 is 23.2 Å². The Morgan fingerprint density at radius 2 is 2.03 bits per heavy atom. The molecule has 1 aliphatic heterocycles. The maximum absolute atomic E-state index is 14.1. The molecule has 0 bridgehead atoms. The highest BCUT2D eigenvalue weighted by molar-refractivity contribution is 5.92. The smallest absolute Gasteiger partial charge is 0.242 e. The molecule has 162 valence electrons. The van der Waals surface area contributed by atoms with E-state index in [1.54, 1.807) is 37.3 Å². The molecule has 0 radical (unpaired) electrons. The summed E-state index contributed by atoms with van der Waals surface area (Å²) in [4.78, 5) is 29.7. The Kier molecular flexibility index (Phi) is 5.99. The lowest BCUT2D eigenvalue weighted by Crippen LogP contribution is -2.52. The van der Waals surface area contributed by atoms with Crippen molar-refractivity contribution < 1.29 is 14.0 Å². The van der Waals surface area contributed by atoms with Crippen LogP contribution >= 0.6 is 0 Å². The highest BCUT2D eigenvalue weighted by atomic mass is 19.1. The van der Waals surface area contributed by atoms with Gasteiger partial charge in [-0.15, -0.1) is 0 Å². The fraction of sp³-hybridized carbons (Fsp3) is 0.348. The van der Waals surface area contributed by atoms with Crippen molar-refractivity contribution in [2.24, 2.45) is 0 Å². The number of nitrogens with two attached hydrogens (primary N) is 1. The number of rotatable bonds is 5. The Balaban J connectivity index is 1.38. The van der Waals surface area contributed by atoms with Gasteiger partial charge in [0.2, 0.25) is 11.8 Å². The number of hydrogen-bond donors (Lipinski definition) is 4. The topological polar surface area (TPSA) is 109 Å². The highest BCUT2D eigenvalue weighted by Crippen LogP contribution is 2.30. The number of halogens is 1. The van der Waals surface area contributed by atoms with Gasteiger partial charge in [-0.05, 0) is 49.5 Å². The van der Waals surface area contributed by atoms with Crippen LogP contribution in [0.15, 0.2) is 42.5 Å². The molecule has 0 saturated heterocycles. The average Bonchev–Trinajstić information content (AvgIpc) is 3.15. The summed E-state index contributed by atoms with van der Waals surface area (Å²) < 4.78 is 14.1. The van der Waals surface area contributed by atoms with Gasteiger partial charge in [0.1, 0.15) is 23.7 Å². The molecular formula is C23H26FN5O2. The molecule has 5 N–H and O–H groups in total. The molecule has 3 atom stereocenters. The largest absolute Gasteiger partial charge is 0.384 e.